The van der Waals surface area contributed by atoms with Crippen LogP contribution >= 0.6 is 0 Å². The van der Waals surface area contributed by atoms with E-state index in [1.165, 1.54) is 38.5 Å². The highest BCUT2D eigenvalue weighted by atomic mass is 16.5. The number of hydrogen-bond acceptors (Lipinski definition) is 3. The summed E-state index contributed by atoms with van der Waals surface area (Å²) in [6, 6.07) is 8.28. The Morgan fingerprint density at radius 2 is 1.79 bits per heavy atom. The lowest BCUT2D eigenvalue weighted by Gasteiger charge is -2.17. The zero-order valence-electron chi connectivity index (χ0n) is 11.2. The van der Waals surface area contributed by atoms with E-state index in [-0.39, 0.29) is 6.61 Å². The van der Waals surface area contributed by atoms with Gasteiger partial charge in [0, 0.05) is 11.7 Å². The Kier molecular flexibility index (Phi) is 5.07. The lowest BCUT2D eigenvalue weighted by Crippen LogP contribution is -2.20. The van der Waals surface area contributed by atoms with Crippen LogP contribution in [-0.4, -0.2) is 18.6 Å². The van der Waals surface area contributed by atoms with E-state index in [0.29, 0.717) is 11.8 Å². The zero-order chi connectivity index (χ0) is 13.5. The second-order valence-corrected chi connectivity index (χ2v) is 5.11. The molecule has 1 aliphatic rings. The SMILES string of the molecule is NC(=O)COc1ccc(NC2CCCCCC2)cc1. The minimum absolute atomic E-state index is 0.0740. The Hall–Kier alpha value is -1.71. The van der Waals surface area contributed by atoms with Crippen LogP contribution in [0.3, 0.4) is 0 Å². The van der Waals surface area contributed by atoms with Gasteiger partial charge in [0.15, 0.2) is 6.61 Å². The highest BCUT2D eigenvalue weighted by molar-refractivity contribution is 5.75. The summed E-state index contributed by atoms with van der Waals surface area (Å²) in [5.41, 5.74) is 6.14. The normalized spacial score (nSPS) is 16.6. The van der Waals surface area contributed by atoms with Gasteiger partial charge in [0.05, 0.1) is 0 Å². The molecule has 2 rings (SSSR count). The van der Waals surface area contributed by atoms with Crippen LogP contribution in [0.5, 0.6) is 5.75 Å². The van der Waals surface area contributed by atoms with Crippen LogP contribution in [0.4, 0.5) is 5.69 Å². The van der Waals surface area contributed by atoms with E-state index in [9.17, 15) is 4.79 Å². The quantitative estimate of drug-likeness (QED) is 0.802. The third-order valence-corrected chi connectivity index (χ3v) is 3.46. The summed E-state index contributed by atoms with van der Waals surface area (Å²) in [7, 11) is 0. The maximum Gasteiger partial charge on any atom is 0.255 e. The van der Waals surface area contributed by atoms with Crippen molar-refractivity contribution < 1.29 is 9.53 Å². The number of hydrogen-bond donors (Lipinski definition) is 2. The molecule has 0 radical (unpaired) electrons. The van der Waals surface area contributed by atoms with Gasteiger partial charge >= 0.3 is 0 Å². The number of rotatable bonds is 5. The van der Waals surface area contributed by atoms with E-state index in [2.05, 4.69) is 5.32 Å². The van der Waals surface area contributed by atoms with E-state index >= 15 is 0 Å². The molecule has 1 fully saturated rings. The Morgan fingerprint density at radius 1 is 1.16 bits per heavy atom. The summed E-state index contributed by atoms with van der Waals surface area (Å²) >= 11 is 0. The molecule has 1 saturated carbocycles. The molecule has 1 aromatic carbocycles. The number of nitrogens with one attached hydrogen (secondary N) is 1. The predicted molar refractivity (Wildman–Crippen MR) is 76.2 cm³/mol. The first-order valence-electron chi connectivity index (χ1n) is 7.02. The zero-order valence-corrected chi connectivity index (χ0v) is 11.2. The van der Waals surface area contributed by atoms with Crippen molar-refractivity contribution in [3.8, 4) is 5.75 Å². The molecule has 19 heavy (non-hydrogen) atoms. The molecule has 3 N–H and O–H groups in total. The number of anilines is 1. The molecule has 0 atom stereocenters. The smallest absolute Gasteiger partial charge is 0.255 e. The molecule has 0 bridgehead atoms. The van der Waals surface area contributed by atoms with Crippen molar-refractivity contribution in [1.29, 1.82) is 0 Å². The highest BCUT2D eigenvalue weighted by Crippen LogP contribution is 2.22. The Labute approximate surface area is 114 Å². The number of nitrogens with two attached hydrogens (primary N) is 1. The van der Waals surface area contributed by atoms with Gasteiger partial charge in [-0.3, -0.25) is 4.79 Å². The highest BCUT2D eigenvalue weighted by Gasteiger charge is 2.11. The van der Waals surface area contributed by atoms with Gasteiger partial charge in [-0.05, 0) is 37.1 Å². The average Bonchev–Trinajstić information content (AvgIpc) is 2.66. The Bertz CT molecular complexity index is 395. The van der Waals surface area contributed by atoms with Crippen molar-refractivity contribution >= 4 is 11.6 Å². The van der Waals surface area contributed by atoms with Gasteiger partial charge in [0.2, 0.25) is 0 Å². The first kappa shape index (κ1) is 13.7. The summed E-state index contributed by atoms with van der Waals surface area (Å²) in [6.07, 6.45) is 7.85. The minimum Gasteiger partial charge on any atom is -0.484 e. The second-order valence-electron chi connectivity index (χ2n) is 5.11. The average molecular weight is 262 g/mol. The summed E-state index contributed by atoms with van der Waals surface area (Å²) in [5, 5.41) is 3.57. The molecule has 0 aromatic heterocycles. The summed E-state index contributed by atoms with van der Waals surface area (Å²) in [5.74, 6) is 0.214. The van der Waals surface area contributed by atoms with Gasteiger partial charge in [-0.1, -0.05) is 25.7 Å². The van der Waals surface area contributed by atoms with Crippen LogP contribution in [0.1, 0.15) is 38.5 Å². The van der Waals surface area contributed by atoms with Gasteiger partial charge in [0.1, 0.15) is 5.75 Å². The van der Waals surface area contributed by atoms with Crippen molar-refractivity contribution in [2.24, 2.45) is 5.73 Å². The molecular weight excluding hydrogens is 240 g/mol. The molecule has 1 aliphatic carbocycles. The van der Waals surface area contributed by atoms with Crippen LogP contribution in [0, 0.1) is 0 Å². The first-order chi connectivity index (χ1) is 9.24. The molecule has 4 heteroatoms. The predicted octanol–water partition coefficient (Wildman–Crippen LogP) is 2.69. The van der Waals surface area contributed by atoms with Crippen molar-refractivity contribution in [1.82, 2.24) is 0 Å². The fourth-order valence-corrected chi connectivity index (χ4v) is 2.46. The number of primary amides is 1. The van der Waals surface area contributed by atoms with Crippen molar-refractivity contribution in [2.45, 2.75) is 44.6 Å². The van der Waals surface area contributed by atoms with Gasteiger partial charge in [-0.25, -0.2) is 0 Å². The van der Waals surface area contributed by atoms with Crippen LogP contribution < -0.4 is 15.8 Å². The van der Waals surface area contributed by atoms with Crippen molar-refractivity contribution in [3.63, 3.8) is 0 Å². The topological polar surface area (TPSA) is 64.4 Å². The van der Waals surface area contributed by atoms with E-state index in [1.807, 2.05) is 24.3 Å². The van der Waals surface area contributed by atoms with Crippen LogP contribution in [0.25, 0.3) is 0 Å². The van der Waals surface area contributed by atoms with Gasteiger partial charge in [-0.15, -0.1) is 0 Å². The molecule has 1 aromatic rings. The molecule has 0 heterocycles. The molecule has 0 saturated heterocycles. The number of ether oxygens (including phenoxy) is 1. The molecule has 0 aliphatic heterocycles. The second kappa shape index (κ2) is 7.02. The molecule has 0 spiro atoms. The van der Waals surface area contributed by atoms with E-state index in [0.717, 1.165) is 5.69 Å². The maximum absolute atomic E-state index is 10.6. The molecule has 1 amide bonds. The first-order valence-corrected chi connectivity index (χ1v) is 7.02. The number of carbonyl (C=O) groups is 1. The fourth-order valence-electron chi connectivity index (χ4n) is 2.46. The third kappa shape index (κ3) is 4.81. The van der Waals surface area contributed by atoms with Gasteiger partial charge in [0.25, 0.3) is 5.91 Å². The lowest BCUT2D eigenvalue weighted by molar-refractivity contribution is -0.119. The van der Waals surface area contributed by atoms with Gasteiger partial charge < -0.3 is 15.8 Å². The van der Waals surface area contributed by atoms with Crippen LogP contribution in [-0.2, 0) is 4.79 Å². The van der Waals surface area contributed by atoms with Crippen LogP contribution in [0.2, 0.25) is 0 Å². The summed E-state index contributed by atoms with van der Waals surface area (Å²) in [6.45, 7) is -0.0740. The van der Waals surface area contributed by atoms with Crippen molar-refractivity contribution in [3.05, 3.63) is 24.3 Å². The largest absolute Gasteiger partial charge is 0.484 e. The molecule has 4 nitrogen and oxygen atoms in total. The van der Waals surface area contributed by atoms with E-state index in [1.54, 1.807) is 0 Å². The molecule has 104 valence electrons. The number of amides is 1. The molecular formula is C15H22N2O2. The van der Waals surface area contributed by atoms with E-state index in [4.69, 9.17) is 10.5 Å². The van der Waals surface area contributed by atoms with Crippen LogP contribution in [0.15, 0.2) is 24.3 Å². The lowest BCUT2D eigenvalue weighted by atomic mass is 10.1. The fraction of sp³-hybridized carbons (Fsp3) is 0.533. The summed E-state index contributed by atoms with van der Waals surface area (Å²) in [4.78, 5) is 10.6. The summed E-state index contributed by atoms with van der Waals surface area (Å²) < 4.78 is 5.23. The molecule has 0 unspecified atom stereocenters. The van der Waals surface area contributed by atoms with Crippen molar-refractivity contribution in [2.75, 3.05) is 11.9 Å². The monoisotopic (exact) mass is 262 g/mol. The minimum atomic E-state index is -0.458. The standard InChI is InChI=1S/C15H22N2O2/c16-15(18)11-19-14-9-7-13(8-10-14)17-12-5-3-1-2-4-6-12/h7-10,12,17H,1-6,11H2,(H2,16,18). The third-order valence-electron chi connectivity index (χ3n) is 3.46. The Balaban J connectivity index is 1.85. The number of carbonyl (C=O) groups excluding carboxylic acids is 1. The number of benzene rings is 1. The van der Waals surface area contributed by atoms with E-state index < -0.39 is 5.91 Å². The Morgan fingerprint density at radius 3 is 2.37 bits per heavy atom. The van der Waals surface area contributed by atoms with Gasteiger partial charge in [-0.2, -0.15) is 0 Å². The maximum atomic E-state index is 10.6.